The minimum Gasteiger partial charge on any atom is -0.493 e. The van der Waals surface area contributed by atoms with Crippen molar-refractivity contribution < 1.29 is 18.7 Å². The summed E-state index contributed by atoms with van der Waals surface area (Å²) in [5.41, 5.74) is 2.97. The minimum absolute atomic E-state index is 0.0574. The molecule has 0 bridgehead atoms. The lowest BCUT2D eigenvalue weighted by Crippen LogP contribution is -2.18. The number of amides is 1. The molecule has 5 nitrogen and oxygen atoms in total. The van der Waals surface area contributed by atoms with E-state index < -0.39 is 11.7 Å². The van der Waals surface area contributed by atoms with Crippen LogP contribution < -0.4 is 14.9 Å². The zero-order chi connectivity index (χ0) is 18.1. The molecule has 0 aliphatic heterocycles. The number of hydrogen-bond donors (Lipinski definition) is 1. The number of benzene rings is 2. The zero-order valence-corrected chi connectivity index (χ0v) is 14.3. The average Bonchev–Trinajstić information content (AvgIpc) is 2.62. The van der Waals surface area contributed by atoms with Crippen LogP contribution in [-0.4, -0.2) is 25.8 Å². The molecule has 25 heavy (non-hydrogen) atoms. The van der Waals surface area contributed by atoms with E-state index in [1.807, 2.05) is 0 Å². The summed E-state index contributed by atoms with van der Waals surface area (Å²) in [5.74, 6) is 0.0394. The van der Waals surface area contributed by atoms with E-state index in [1.54, 1.807) is 31.4 Å². The molecule has 0 unspecified atom stereocenters. The first-order valence-electron chi connectivity index (χ1n) is 8.04. The number of nitrogens with zero attached hydrogens (tertiary/aromatic N) is 1. The van der Waals surface area contributed by atoms with Gasteiger partial charge in [-0.3, -0.25) is 4.79 Å². The summed E-state index contributed by atoms with van der Waals surface area (Å²) in [6.45, 7) is 2.68. The number of methoxy groups -OCH3 is 1. The van der Waals surface area contributed by atoms with Crippen molar-refractivity contribution in [1.29, 1.82) is 0 Å². The van der Waals surface area contributed by atoms with Crippen LogP contribution in [0.2, 0.25) is 0 Å². The van der Waals surface area contributed by atoms with Gasteiger partial charge in [-0.25, -0.2) is 9.82 Å². The highest BCUT2D eigenvalue weighted by Gasteiger charge is 2.09. The van der Waals surface area contributed by atoms with E-state index in [0.29, 0.717) is 18.1 Å². The van der Waals surface area contributed by atoms with Crippen LogP contribution in [0.1, 0.15) is 35.7 Å². The Balaban J connectivity index is 2.04. The second kappa shape index (κ2) is 9.42. The molecular weight excluding hydrogens is 323 g/mol. The standard InChI is InChI=1S/C19H21FN2O3/c1-3-4-11-25-18-12-14(9-10-17(18)24-2)13-21-22-19(23)15-7-5-6-8-16(15)20/h5-10,12-13H,3-4,11H2,1-2H3,(H,22,23)/b21-13-. The van der Waals surface area contributed by atoms with Crippen molar-refractivity contribution in [1.82, 2.24) is 5.43 Å². The summed E-state index contributed by atoms with van der Waals surface area (Å²) in [6, 6.07) is 11.0. The first kappa shape index (κ1) is 18.4. The molecule has 1 amide bonds. The van der Waals surface area contributed by atoms with Gasteiger partial charge in [-0.15, -0.1) is 0 Å². The molecule has 0 aromatic heterocycles. The number of nitrogens with one attached hydrogen (secondary N) is 1. The molecule has 1 N–H and O–H groups in total. The maximum absolute atomic E-state index is 13.5. The average molecular weight is 344 g/mol. The van der Waals surface area contributed by atoms with E-state index >= 15 is 0 Å². The van der Waals surface area contributed by atoms with Crippen LogP contribution >= 0.6 is 0 Å². The summed E-state index contributed by atoms with van der Waals surface area (Å²) in [7, 11) is 1.57. The zero-order valence-electron chi connectivity index (χ0n) is 14.3. The molecule has 0 heterocycles. The van der Waals surface area contributed by atoms with Crippen molar-refractivity contribution in [3.8, 4) is 11.5 Å². The molecule has 0 fully saturated rings. The highest BCUT2D eigenvalue weighted by Crippen LogP contribution is 2.27. The van der Waals surface area contributed by atoms with Gasteiger partial charge in [0.1, 0.15) is 5.82 Å². The number of carbonyl (C=O) groups is 1. The fourth-order valence-corrected chi connectivity index (χ4v) is 2.08. The van der Waals surface area contributed by atoms with Crippen molar-refractivity contribution >= 4 is 12.1 Å². The Morgan fingerprint density at radius 2 is 2.04 bits per heavy atom. The number of ether oxygens (including phenoxy) is 2. The van der Waals surface area contributed by atoms with Crippen molar-refractivity contribution in [3.05, 3.63) is 59.4 Å². The van der Waals surface area contributed by atoms with Gasteiger partial charge in [-0.2, -0.15) is 5.10 Å². The molecular formula is C19H21FN2O3. The normalized spacial score (nSPS) is 10.7. The fraction of sp³-hybridized carbons (Fsp3) is 0.263. The lowest BCUT2D eigenvalue weighted by Gasteiger charge is -2.10. The molecule has 0 saturated heterocycles. The molecule has 2 rings (SSSR count). The quantitative estimate of drug-likeness (QED) is 0.450. The molecule has 0 aliphatic rings. The summed E-state index contributed by atoms with van der Waals surface area (Å²) in [4.78, 5) is 11.9. The Morgan fingerprint density at radius 1 is 1.24 bits per heavy atom. The molecule has 2 aromatic carbocycles. The SMILES string of the molecule is CCCCOc1cc(/C=N\NC(=O)c2ccccc2F)ccc1OC. The third-order valence-corrected chi connectivity index (χ3v) is 3.44. The summed E-state index contributed by atoms with van der Waals surface area (Å²) in [6.07, 6.45) is 3.44. The van der Waals surface area contributed by atoms with Gasteiger partial charge in [0.05, 0.1) is 25.5 Å². The van der Waals surface area contributed by atoms with Gasteiger partial charge >= 0.3 is 0 Å². The van der Waals surface area contributed by atoms with Crippen LogP contribution in [-0.2, 0) is 0 Å². The Bertz CT molecular complexity index is 747. The van der Waals surface area contributed by atoms with Crippen LogP contribution in [0.5, 0.6) is 11.5 Å². The molecule has 0 spiro atoms. The smallest absolute Gasteiger partial charge is 0.274 e. The van der Waals surface area contributed by atoms with Gasteiger partial charge in [0.25, 0.3) is 5.91 Å². The topological polar surface area (TPSA) is 59.9 Å². The fourth-order valence-electron chi connectivity index (χ4n) is 2.08. The van der Waals surface area contributed by atoms with Gasteiger partial charge in [0, 0.05) is 0 Å². The van der Waals surface area contributed by atoms with E-state index in [1.165, 1.54) is 24.4 Å². The Hall–Kier alpha value is -2.89. The van der Waals surface area contributed by atoms with Gasteiger partial charge in [-0.1, -0.05) is 25.5 Å². The van der Waals surface area contributed by atoms with E-state index in [2.05, 4.69) is 17.5 Å². The van der Waals surface area contributed by atoms with Gasteiger partial charge in [-0.05, 0) is 42.3 Å². The maximum atomic E-state index is 13.5. The lowest BCUT2D eigenvalue weighted by molar-refractivity contribution is 0.0951. The second-order valence-electron chi connectivity index (χ2n) is 5.29. The van der Waals surface area contributed by atoms with Crippen LogP contribution in [0.4, 0.5) is 4.39 Å². The van der Waals surface area contributed by atoms with Crippen LogP contribution in [0.15, 0.2) is 47.6 Å². The number of rotatable bonds is 8. The first-order chi connectivity index (χ1) is 12.2. The number of halogens is 1. The van der Waals surface area contributed by atoms with Crippen molar-refractivity contribution in [2.75, 3.05) is 13.7 Å². The predicted octanol–water partition coefficient (Wildman–Crippen LogP) is 3.78. The third kappa shape index (κ3) is 5.31. The summed E-state index contributed by atoms with van der Waals surface area (Å²) >= 11 is 0. The maximum Gasteiger partial charge on any atom is 0.274 e. The van der Waals surface area contributed by atoms with Gasteiger partial charge in [0.2, 0.25) is 0 Å². The minimum atomic E-state index is -0.609. The number of hydrazone groups is 1. The molecule has 2 aromatic rings. The highest BCUT2D eigenvalue weighted by molar-refractivity contribution is 5.95. The largest absolute Gasteiger partial charge is 0.493 e. The molecule has 6 heteroatoms. The molecule has 0 atom stereocenters. The Morgan fingerprint density at radius 3 is 2.76 bits per heavy atom. The Kier molecular flexibility index (Phi) is 6.95. The predicted molar refractivity (Wildman–Crippen MR) is 94.9 cm³/mol. The van der Waals surface area contributed by atoms with E-state index in [9.17, 15) is 9.18 Å². The molecule has 0 radical (unpaired) electrons. The van der Waals surface area contributed by atoms with Crippen molar-refractivity contribution in [3.63, 3.8) is 0 Å². The Labute approximate surface area is 146 Å². The number of unbranched alkanes of at least 4 members (excludes halogenated alkanes) is 1. The summed E-state index contributed by atoms with van der Waals surface area (Å²) in [5, 5.41) is 3.86. The first-order valence-corrected chi connectivity index (χ1v) is 8.04. The third-order valence-electron chi connectivity index (χ3n) is 3.44. The number of hydrogen-bond acceptors (Lipinski definition) is 4. The lowest BCUT2D eigenvalue weighted by atomic mass is 10.2. The second-order valence-corrected chi connectivity index (χ2v) is 5.29. The molecule has 0 saturated carbocycles. The number of carbonyl (C=O) groups excluding carboxylic acids is 1. The van der Waals surface area contributed by atoms with Crippen LogP contribution in [0.3, 0.4) is 0 Å². The monoisotopic (exact) mass is 344 g/mol. The molecule has 132 valence electrons. The van der Waals surface area contributed by atoms with Crippen molar-refractivity contribution in [2.24, 2.45) is 5.10 Å². The van der Waals surface area contributed by atoms with E-state index in [-0.39, 0.29) is 5.56 Å². The van der Waals surface area contributed by atoms with Crippen LogP contribution in [0, 0.1) is 5.82 Å². The highest BCUT2D eigenvalue weighted by atomic mass is 19.1. The molecule has 0 aliphatic carbocycles. The van der Waals surface area contributed by atoms with Gasteiger partial charge in [0.15, 0.2) is 11.5 Å². The summed E-state index contributed by atoms with van der Waals surface area (Å²) < 4.78 is 24.5. The van der Waals surface area contributed by atoms with E-state index in [4.69, 9.17) is 9.47 Å². The van der Waals surface area contributed by atoms with E-state index in [0.717, 1.165) is 18.4 Å². The van der Waals surface area contributed by atoms with Gasteiger partial charge < -0.3 is 9.47 Å². The van der Waals surface area contributed by atoms with Crippen molar-refractivity contribution in [2.45, 2.75) is 19.8 Å². The van der Waals surface area contributed by atoms with Crippen LogP contribution in [0.25, 0.3) is 0 Å².